The zero-order valence-electron chi connectivity index (χ0n) is 11.3. The van der Waals surface area contributed by atoms with Gasteiger partial charge in [-0.15, -0.1) is 12.3 Å². The molecule has 0 aromatic rings. The number of carboxylic acids is 1. The van der Waals surface area contributed by atoms with Crippen molar-refractivity contribution in [1.29, 1.82) is 0 Å². The number of unbranched alkanes of at least 4 members (excludes halogenated alkanes) is 2. The van der Waals surface area contributed by atoms with Gasteiger partial charge in [-0.2, -0.15) is 0 Å². The number of rotatable bonds is 9. The van der Waals surface area contributed by atoms with Gasteiger partial charge in [0, 0.05) is 31.8 Å². The highest BCUT2D eigenvalue weighted by Gasteiger charge is 2.16. The second-order valence-corrected chi connectivity index (χ2v) is 4.59. The van der Waals surface area contributed by atoms with Crippen molar-refractivity contribution in [3.8, 4) is 12.3 Å². The molecule has 4 nitrogen and oxygen atoms in total. The second-order valence-electron chi connectivity index (χ2n) is 4.59. The molecule has 0 aromatic heterocycles. The first kappa shape index (κ1) is 16.5. The van der Waals surface area contributed by atoms with Gasteiger partial charge in [-0.1, -0.05) is 0 Å². The number of carboxylic acid groups (broad SMARTS) is 1. The first-order valence-electron chi connectivity index (χ1n) is 6.43. The number of amides is 1. The van der Waals surface area contributed by atoms with Crippen LogP contribution < -0.4 is 0 Å². The Morgan fingerprint density at radius 1 is 1.22 bits per heavy atom. The molecule has 0 radical (unpaired) electrons. The molecule has 0 aliphatic rings. The molecule has 1 amide bonds. The zero-order chi connectivity index (χ0) is 14.0. The molecule has 0 saturated heterocycles. The Kier molecular flexibility index (Phi) is 8.73. The average Bonchev–Trinajstić information content (AvgIpc) is 2.29. The fourth-order valence-corrected chi connectivity index (χ4v) is 1.72. The lowest BCUT2D eigenvalue weighted by molar-refractivity contribution is -0.138. The van der Waals surface area contributed by atoms with Crippen molar-refractivity contribution in [2.45, 2.75) is 58.4 Å². The number of carbonyl (C=O) groups excluding carboxylic acids is 1. The van der Waals surface area contributed by atoms with Gasteiger partial charge in [-0.25, -0.2) is 0 Å². The maximum Gasteiger partial charge on any atom is 0.303 e. The van der Waals surface area contributed by atoms with Crippen molar-refractivity contribution in [3.63, 3.8) is 0 Å². The third kappa shape index (κ3) is 7.72. The Hall–Kier alpha value is -1.50. The van der Waals surface area contributed by atoms with E-state index in [9.17, 15) is 9.59 Å². The van der Waals surface area contributed by atoms with Crippen molar-refractivity contribution in [2.24, 2.45) is 0 Å². The summed E-state index contributed by atoms with van der Waals surface area (Å²) in [4.78, 5) is 24.1. The predicted octanol–water partition coefficient (Wildman–Crippen LogP) is 2.28. The van der Waals surface area contributed by atoms with Gasteiger partial charge in [0.1, 0.15) is 0 Å². The Balaban J connectivity index is 4.04. The smallest absolute Gasteiger partial charge is 0.303 e. The van der Waals surface area contributed by atoms with Crippen molar-refractivity contribution in [1.82, 2.24) is 4.90 Å². The topological polar surface area (TPSA) is 57.6 Å². The first-order chi connectivity index (χ1) is 8.49. The minimum Gasteiger partial charge on any atom is -0.481 e. The van der Waals surface area contributed by atoms with Crippen LogP contribution >= 0.6 is 0 Å². The maximum absolute atomic E-state index is 12.0. The minimum absolute atomic E-state index is 0.0902. The molecule has 4 heteroatoms. The second kappa shape index (κ2) is 9.52. The minimum atomic E-state index is -0.819. The van der Waals surface area contributed by atoms with Crippen LogP contribution in [0.15, 0.2) is 0 Å². The number of nitrogens with zero attached hydrogens (tertiary/aromatic N) is 1. The summed E-state index contributed by atoms with van der Waals surface area (Å²) < 4.78 is 0. The molecule has 0 heterocycles. The Labute approximate surface area is 109 Å². The van der Waals surface area contributed by atoms with E-state index in [0.29, 0.717) is 25.8 Å². The Bertz CT molecular complexity index is 305. The molecule has 0 spiro atoms. The fourth-order valence-electron chi connectivity index (χ4n) is 1.72. The lowest BCUT2D eigenvalue weighted by Gasteiger charge is -2.26. The molecule has 1 N–H and O–H groups in total. The molecule has 0 aromatic carbocycles. The van der Waals surface area contributed by atoms with Gasteiger partial charge in [0.05, 0.1) is 0 Å². The van der Waals surface area contributed by atoms with Crippen LogP contribution in [0.5, 0.6) is 0 Å². The van der Waals surface area contributed by atoms with Gasteiger partial charge in [-0.3, -0.25) is 9.59 Å². The maximum atomic E-state index is 12.0. The fraction of sp³-hybridized carbons (Fsp3) is 0.714. The van der Waals surface area contributed by atoms with E-state index in [1.54, 1.807) is 4.90 Å². The number of hydrogen-bond donors (Lipinski definition) is 1. The van der Waals surface area contributed by atoms with Crippen LogP contribution in [-0.4, -0.2) is 34.5 Å². The van der Waals surface area contributed by atoms with Crippen LogP contribution in [0.2, 0.25) is 0 Å². The summed E-state index contributed by atoms with van der Waals surface area (Å²) in [5, 5.41) is 8.58. The highest BCUT2D eigenvalue weighted by molar-refractivity contribution is 5.76. The molecule has 18 heavy (non-hydrogen) atoms. The van der Waals surface area contributed by atoms with E-state index in [4.69, 9.17) is 11.5 Å². The van der Waals surface area contributed by atoms with E-state index >= 15 is 0 Å². The van der Waals surface area contributed by atoms with Crippen LogP contribution in [0.4, 0.5) is 0 Å². The van der Waals surface area contributed by atoms with Crippen molar-refractivity contribution >= 4 is 11.9 Å². The molecule has 0 bridgehead atoms. The number of aliphatic carboxylic acids is 1. The highest BCUT2D eigenvalue weighted by Crippen LogP contribution is 2.08. The van der Waals surface area contributed by atoms with E-state index < -0.39 is 5.97 Å². The number of terminal acetylenes is 1. The molecule has 0 unspecified atom stereocenters. The van der Waals surface area contributed by atoms with Gasteiger partial charge in [-0.05, 0) is 33.1 Å². The molecule has 0 rings (SSSR count). The van der Waals surface area contributed by atoms with Crippen molar-refractivity contribution < 1.29 is 14.7 Å². The summed E-state index contributed by atoms with van der Waals surface area (Å²) in [6.07, 6.45) is 8.61. The summed E-state index contributed by atoms with van der Waals surface area (Å²) in [6, 6.07) is 0.110. The van der Waals surface area contributed by atoms with Crippen LogP contribution in [0.25, 0.3) is 0 Å². The zero-order valence-corrected chi connectivity index (χ0v) is 11.3. The highest BCUT2D eigenvalue weighted by atomic mass is 16.4. The van der Waals surface area contributed by atoms with Gasteiger partial charge in [0.15, 0.2) is 0 Å². The monoisotopic (exact) mass is 253 g/mol. The standard InChI is InChI=1S/C14H23NO3/c1-4-5-6-7-9-13(16)15(12(2)3)11-8-10-14(17)18/h1,12H,5-11H2,2-3H3,(H,17,18). The summed E-state index contributed by atoms with van der Waals surface area (Å²) in [5.74, 6) is 1.82. The third-order valence-electron chi connectivity index (χ3n) is 2.70. The molecule has 0 aliphatic heterocycles. The summed E-state index contributed by atoms with van der Waals surface area (Å²) in [6.45, 7) is 4.40. The lowest BCUT2D eigenvalue weighted by atomic mass is 10.1. The van der Waals surface area contributed by atoms with Crippen molar-refractivity contribution in [2.75, 3.05) is 6.54 Å². The van der Waals surface area contributed by atoms with Gasteiger partial charge in [0.25, 0.3) is 0 Å². The Morgan fingerprint density at radius 2 is 1.89 bits per heavy atom. The molecule has 0 fully saturated rings. The van der Waals surface area contributed by atoms with E-state index in [0.717, 1.165) is 12.8 Å². The van der Waals surface area contributed by atoms with E-state index in [-0.39, 0.29) is 18.4 Å². The summed E-state index contributed by atoms with van der Waals surface area (Å²) in [5.41, 5.74) is 0. The van der Waals surface area contributed by atoms with Crippen LogP contribution in [-0.2, 0) is 9.59 Å². The molecular formula is C14H23NO3. The summed E-state index contributed by atoms with van der Waals surface area (Å²) >= 11 is 0. The lowest BCUT2D eigenvalue weighted by Crippen LogP contribution is -2.37. The predicted molar refractivity (Wildman–Crippen MR) is 71.0 cm³/mol. The number of carbonyl (C=O) groups is 2. The van der Waals surface area contributed by atoms with Crippen LogP contribution in [0.3, 0.4) is 0 Å². The first-order valence-corrected chi connectivity index (χ1v) is 6.43. The Morgan fingerprint density at radius 3 is 2.39 bits per heavy atom. The summed E-state index contributed by atoms with van der Waals surface area (Å²) in [7, 11) is 0. The third-order valence-corrected chi connectivity index (χ3v) is 2.70. The van der Waals surface area contributed by atoms with E-state index in [1.165, 1.54) is 0 Å². The van der Waals surface area contributed by atoms with E-state index in [1.807, 2.05) is 13.8 Å². The van der Waals surface area contributed by atoms with E-state index in [2.05, 4.69) is 5.92 Å². The normalized spacial score (nSPS) is 10.1. The van der Waals surface area contributed by atoms with Gasteiger partial charge < -0.3 is 10.0 Å². The largest absolute Gasteiger partial charge is 0.481 e. The van der Waals surface area contributed by atoms with Crippen LogP contribution in [0.1, 0.15) is 52.4 Å². The van der Waals surface area contributed by atoms with Crippen molar-refractivity contribution in [3.05, 3.63) is 0 Å². The molecule has 0 saturated carbocycles. The number of hydrogen-bond acceptors (Lipinski definition) is 2. The molecule has 0 aliphatic carbocycles. The van der Waals surface area contributed by atoms with Gasteiger partial charge in [0.2, 0.25) is 5.91 Å². The molecule has 102 valence electrons. The molecular weight excluding hydrogens is 230 g/mol. The molecule has 0 atom stereocenters. The van der Waals surface area contributed by atoms with Crippen LogP contribution in [0, 0.1) is 12.3 Å². The quantitative estimate of drug-likeness (QED) is 0.506. The van der Waals surface area contributed by atoms with Gasteiger partial charge >= 0.3 is 5.97 Å². The SMILES string of the molecule is C#CCCCCC(=O)N(CCCC(=O)O)C(C)C. The average molecular weight is 253 g/mol.